The first-order valence-electron chi connectivity index (χ1n) is 7.33. The van der Waals surface area contributed by atoms with Crippen LogP contribution in [0, 0.1) is 0 Å². The number of hydrogen-bond acceptors (Lipinski definition) is 4. The zero-order valence-electron chi connectivity index (χ0n) is 12.4. The van der Waals surface area contributed by atoms with Crippen molar-refractivity contribution in [2.24, 2.45) is 5.73 Å². The lowest BCUT2D eigenvalue weighted by Crippen LogP contribution is -2.39. The Morgan fingerprint density at radius 1 is 1.38 bits per heavy atom. The second kappa shape index (κ2) is 6.39. The predicted octanol–water partition coefficient (Wildman–Crippen LogP) is 1.55. The second-order valence-electron chi connectivity index (χ2n) is 5.44. The van der Waals surface area contributed by atoms with E-state index >= 15 is 0 Å². The maximum absolute atomic E-state index is 6.05. The zero-order chi connectivity index (χ0) is 14.7. The number of nitrogens with two attached hydrogens (primary N) is 1. The lowest BCUT2D eigenvalue weighted by atomic mass is 10.0. The Hall–Kier alpha value is -1.69. The highest BCUT2D eigenvalue weighted by molar-refractivity contribution is 5.26. The Bertz CT molecular complexity index is 595. The van der Waals surface area contributed by atoms with E-state index in [4.69, 9.17) is 10.5 Å². The number of nitrogens with zero attached hydrogens (tertiary/aromatic N) is 3. The van der Waals surface area contributed by atoms with Gasteiger partial charge in [-0.3, -0.25) is 4.90 Å². The first-order valence-corrected chi connectivity index (χ1v) is 7.33. The van der Waals surface area contributed by atoms with Crippen molar-refractivity contribution in [1.82, 2.24) is 14.5 Å². The maximum atomic E-state index is 6.05. The van der Waals surface area contributed by atoms with Crippen LogP contribution in [-0.2, 0) is 24.4 Å². The third-order valence-electron chi connectivity index (χ3n) is 4.09. The number of benzene rings is 1. The van der Waals surface area contributed by atoms with Crippen LogP contribution in [0.25, 0.3) is 0 Å². The molecule has 3 rings (SSSR count). The van der Waals surface area contributed by atoms with Crippen LogP contribution in [0.4, 0.5) is 0 Å². The van der Waals surface area contributed by atoms with Gasteiger partial charge in [0.2, 0.25) is 0 Å². The third kappa shape index (κ3) is 3.00. The highest BCUT2D eigenvalue weighted by atomic mass is 16.5. The van der Waals surface area contributed by atoms with Gasteiger partial charge in [-0.05, 0) is 11.1 Å². The molecule has 0 aliphatic carbocycles. The fraction of sp³-hybridized carbons (Fsp3) is 0.438. The van der Waals surface area contributed by atoms with Gasteiger partial charge in [-0.15, -0.1) is 0 Å². The summed E-state index contributed by atoms with van der Waals surface area (Å²) >= 11 is 0. The molecule has 5 heteroatoms. The van der Waals surface area contributed by atoms with Crippen LogP contribution in [-0.4, -0.2) is 34.7 Å². The molecule has 5 nitrogen and oxygen atoms in total. The van der Waals surface area contributed by atoms with E-state index in [2.05, 4.69) is 38.7 Å². The molecule has 1 aromatic heterocycles. The first kappa shape index (κ1) is 14.3. The molecular weight excluding hydrogens is 264 g/mol. The molecule has 112 valence electrons. The van der Waals surface area contributed by atoms with Gasteiger partial charge in [0.25, 0.3) is 0 Å². The number of fused-ring (bicyclic) bond motifs is 1. The predicted molar refractivity (Wildman–Crippen MR) is 81.6 cm³/mol. The number of rotatable bonds is 5. The van der Waals surface area contributed by atoms with Crippen molar-refractivity contribution in [3.05, 3.63) is 53.6 Å². The van der Waals surface area contributed by atoms with E-state index in [0.29, 0.717) is 13.2 Å². The molecule has 2 aromatic rings. The summed E-state index contributed by atoms with van der Waals surface area (Å²) in [6.07, 6.45) is 3.92. The minimum absolute atomic E-state index is 0.229. The van der Waals surface area contributed by atoms with Gasteiger partial charge in [0, 0.05) is 45.2 Å². The van der Waals surface area contributed by atoms with Gasteiger partial charge in [0.05, 0.1) is 13.2 Å². The number of hydrogen-bond donors (Lipinski definition) is 1. The van der Waals surface area contributed by atoms with Crippen LogP contribution in [0.3, 0.4) is 0 Å². The van der Waals surface area contributed by atoms with Gasteiger partial charge in [-0.1, -0.05) is 24.3 Å². The number of imidazole rings is 1. The van der Waals surface area contributed by atoms with Crippen LogP contribution < -0.4 is 5.73 Å². The molecule has 0 saturated heterocycles. The Morgan fingerprint density at radius 3 is 3.10 bits per heavy atom. The Kier molecular flexibility index (Phi) is 4.34. The third-order valence-corrected chi connectivity index (χ3v) is 4.09. The molecule has 0 spiro atoms. The van der Waals surface area contributed by atoms with Gasteiger partial charge in [-0.2, -0.15) is 0 Å². The molecule has 0 fully saturated rings. The topological polar surface area (TPSA) is 56.3 Å². The molecule has 1 aromatic carbocycles. The summed E-state index contributed by atoms with van der Waals surface area (Å²) in [6, 6.07) is 8.74. The monoisotopic (exact) mass is 286 g/mol. The average Bonchev–Trinajstić information content (AvgIpc) is 2.96. The van der Waals surface area contributed by atoms with Crippen molar-refractivity contribution in [3.8, 4) is 0 Å². The van der Waals surface area contributed by atoms with E-state index in [1.165, 1.54) is 11.1 Å². The molecule has 0 saturated carbocycles. The molecule has 1 aliphatic heterocycles. The molecule has 0 radical (unpaired) electrons. The summed E-state index contributed by atoms with van der Waals surface area (Å²) in [5.41, 5.74) is 8.50. The summed E-state index contributed by atoms with van der Waals surface area (Å²) in [7, 11) is 1.72. The zero-order valence-corrected chi connectivity index (χ0v) is 12.4. The Labute approximate surface area is 125 Å². The van der Waals surface area contributed by atoms with Crippen LogP contribution in [0.5, 0.6) is 0 Å². The highest BCUT2D eigenvalue weighted by Crippen LogP contribution is 2.25. The van der Waals surface area contributed by atoms with Crippen LogP contribution in [0.2, 0.25) is 0 Å². The Morgan fingerprint density at radius 2 is 2.29 bits per heavy atom. The molecule has 1 aliphatic rings. The van der Waals surface area contributed by atoms with Crippen molar-refractivity contribution in [1.29, 1.82) is 0 Å². The summed E-state index contributed by atoms with van der Waals surface area (Å²) < 4.78 is 7.43. The lowest BCUT2D eigenvalue weighted by Gasteiger charge is -2.34. The summed E-state index contributed by atoms with van der Waals surface area (Å²) in [5, 5.41) is 0. The van der Waals surface area contributed by atoms with E-state index in [1.807, 2.05) is 12.4 Å². The van der Waals surface area contributed by atoms with Crippen molar-refractivity contribution < 1.29 is 4.74 Å². The smallest absolute Gasteiger partial charge is 0.122 e. The second-order valence-corrected chi connectivity index (χ2v) is 5.44. The van der Waals surface area contributed by atoms with E-state index in [9.17, 15) is 0 Å². The fourth-order valence-corrected chi connectivity index (χ4v) is 3.01. The Balaban J connectivity index is 1.80. The van der Waals surface area contributed by atoms with Gasteiger partial charge >= 0.3 is 0 Å². The molecule has 1 atom stereocenters. The molecule has 2 heterocycles. The van der Waals surface area contributed by atoms with E-state index in [0.717, 1.165) is 25.5 Å². The minimum Gasteiger partial charge on any atom is -0.380 e. The van der Waals surface area contributed by atoms with E-state index < -0.39 is 0 Å². The van der Waals surface area contributed by atoms with Gasteiger partial charge in [-0.25, -0.2) is 4.98 Å². The summed E-state index contributed by atoms with van der Waals surface area (Å²) in [6.45, 7) is 4.07. The fourth-order valence-electron chi connectivity index (χ4n) is 3.01. The van der Waals surface area contributed by atoms with Crippen LogP contribution >= 0.6 is 0 Å². The normalized spacial score (nSPS) is 16.7. The van der Waals surface area contributed by atoms with Gasteiger partial charge < -0.3 is 15.0 Å². The number of methoxy groups -OCH3 is 1. The largest absolute Gasteiger partial charge is 0.380 e. The molecule has 21 heavy (non-hydrogen) atoms. The molecular formula is C16H22N4O. The van der Waals surface area contributed by atoms with Crippen LogP contribution in [0.1, 0.15) is 23.0 Å². The maximum Gasteiger partial charge on any atom is 0.122 e. The molecule has 0 bridgehead atoms. The van der Waals surface area contributed by atoms with Crippen molar-refractivity contribution >= 4 is 0 Å². The minimum atomic E-state index is 0.229. The van der Waals surface area contributed by atoms with Crippen molar-refractivity contribution in [3.63, 3.8) is 0 Å². The average molecular weight is 286 g/mol. The van der Waals surface area contributed by atoms with Gasteiger partial charge in [0.15, 0.2) is 0 Å². The highest BCUT2D eigenvalue weighted by Gasteiger charge is 2.24. The first-order chi connectivity index (χ1) is 10.3. The van der Waals surface area contributed by atoms with Gasteiger partial charge in [0.1, 0.15) is 5.82 Å². The quantitative estimate of drug-likeness (QED) is 0.906. The number of ether oxygens (including phenoxy) is 1. The molecule has 0 amide bonds. The SMILES string of the molecule is COCc1cccc(C(CN)N2CCn3ccnc3C2)c1. The van der Waals surface area contributed by atoms with E-state index in [-0.39, 0.29) is 6.04 Å². The molecule has 2 N–H and O–H groups in total. The van der Waals surface area contributed by atoms with Crippen molar-refractivity contribution in [2.45, 2.75) is 25.7 Å². The number of aromatic nitrogens is 2. The summed E-state index contributed by atoms with van der Waals surface area (Å²) in [5.74, 6) is 1.12. The molecule has 1 unspecified atom stereocenters. The lowest BCUT2D eigenvalue weighted by molar-refractivity contribution is 0.155. The summed E-state index contributed by atoms with van der Waals surface area (Å²) in [4.78, 5) is 6.84. The van der Waals surface area contributed by atoms with E-state index in [1.54, 1.807) is 7.11 Å². The standard InChI is InChI=1S/C16H22N4O/c1-21-12-13-3-2-4-14(9-13)15(10-17)20-8-7-19-6-5-18-16(19)11-20/h2-6,9,15H,7-8,10-12,17H2,1H3. The van der Waals surface area contributed by atoms with Crippen molar-refractivity contribution in [2.75, 3.05) is 20.2 Å². The van der Waals surface area contributed by atoms with Crippen LogP contribution in [0.15, 0.2) is 36.7 Å².